The van der Waals surface area contributed by atoms with Crippen LogP contribution in [0.15, 0.2) is 53.9 Å². The molecule has 3 aromatic rings. The third kappa shape index (κ3) is 2.24. The maximum absolute atomic E-state index is 13.4. The van der Waals surface area contributed by atoms with Crippen molar-refractivity contribution in [2.24, 2.45) is 5.73 Å². The molecular formula is C20H11Cl2N5O2. The van der Waals surface area contributed by atoms with Crippen molar-refractivity contribution in [3.05, 3.63) is 75.1 Å². The van der Waals surface area contributed by atoms with Crippen molar-refractivity contribution < 1.29 is 9.53 Å². The van der Waals surface area contributed by atoms with Crippen LogP contribution in [0.25, 0.3) is 11.3 Å². The second-order valence-electron chi connectivity index (χ2n) is 6.63. The largest absolute Gasteiger partial charge is 0.420 e. The third-order valence-electron chi connectivity index (χ3n) is 5.16. The van der Waals surface area contributed by atoms with Crippen molar-refractivity contribution in [1.82, 2.24) is 10.2 Å². The summed E-state index contributed by atoms with van der Waals surface area (Å²) in [6.45, 7) is 0. The minimum Gasteiger partial charge on any atom is -0.420 e. The van der Waals surface area contributed by atoms with E-state index in [1.165, 1.54) is 0 Å². The highest BCUT2D eigenvalue weighted by Gasteiger charge is 2.58. The number of aromatic amines is 1. The summed E-state index contributed by atoms with van der Waals surface area (Å²) >= 11 is 12.3. The molecule has 0 saturated heterocycles. The first-order valence-electron chi connectivity index (χ1n) is 8.51. The molecule has 9 heteroatoms. The summed E-state index contributed by atoms with van der Waals surface area (Å²) in [5, 5.41) is 20.9. The fourth-order valence-electron chi connectivity index (χ4n) is 3.95. The SMILES string of the molecule is N#CC1=C(N)Oc2n[nH]c(-c3ccc(Cl)cc3)c2C12C(=O)Nc1ccc(Cl)cc12. The number of hydrogen-bond donors (Lipinski definition) is 3. The number of amides is 1. The Kier molecular flexibility index (Phi) is 3.65. The number of rotatable bonds is 1. The minimum absolute atomic E-state index is 0.0277. The number of halogens is 2. The Balaban J connectivity index is 1.90. The summed E-state index contributed by atoms with van der Waals surface area (Å²) in [7, 11) is 0. The van der Waals surface area contributed by atoms with Gasteiger partial charge in [-0.1, -0.05) is 35.3 Å². The van der Waals surface area contributed by atoms with Crippen molar-refractivity contribution in [3.63, 3.8) is 0 Å². The second-order valence-corrected chi connectivity index (χ2v) is 7.51. The second kappa shape index (κ2) is 6.01. The summed E-state index contributed by atoms with van der Waals surface area (Å²) < 4.78 is 5.60. The molecule has 2 aromatic carbocycles. The predicted molar refractivity (Wildman–Crippen MR) is 107 cm³/mol. The molecular weight excluding hydrogens is 413 g/mol. The van der Waals surface area contributed by atoms with Gasteiger partial charge in [0.05, 0.1) is 11.3 Å². The molecule has 0 saturated carbocycles. The molecule has 1 atom stereocenters. The molecule has 4 N–H and O–H groups in total. The Morgan fingerprint density at radius 3 is 2.59 bits per heavy atom. The van der Waals surface area contributed by atoms with Gasteiger partial charge in [0.2, 0.25) is 17.7 Å². The average molecular weight is 424 g/mol. The first-order chi connectivity index (χ1) is 14.0. The number of nitriles is 1. The molecule has 2 aliphatic heterocycles. The van der Waals surface area contributed by atoms with Gasteiger partial charge in [0, 0.05) is 26.9 Å². The molecule has 1 unspecified atom stereocenters. The lowest BCUT2D eigenvalue weighted by Gasteiger charge is -2.32. The van der Waals surface area contributed by atoms with E-state index in [2.05, 4.69) is 21.6 Å². The molecule has 1 amide bonds. The molecule has 0 bridgehead atoms. The van der Waals surface area contributed by atoms with Crippen molar-refractivity contribution in [3.8, 4) is 23.2 Å². The lowest BCUT2D eigenvalue weighted by molar-refractivity contribution is -0.118. The number of benzene rings is 2. The molecule has 0 radical (unpaired) electrons. The standard InChI is InChI=1S/C20H11Cl2N5O2/c21-10-3-1-9(2-4-10)16-15-18(27-26-16)29-17(24)13(8-23)20(15)12-7-11(22)5-6-14(12)25-19(20)28/h1-7H,24H2,(H,25,28)(H,26,27). The fourth-order valence-corrected chi connectivity index (χ4v) is 4.25. The highest BCUT2D eigenvalue weighted by molar-refractivity contribution is 6.31. The number of aromatic nitrogens is 2. The van der Waals surface area contributed by atoms with Crippen LogP contribution in [-0.2, 0) is 10.2 Å². The molecule has 142 valence electrons. The Morgan fingerprint density at radius 2 is 1.86 bits per heavy atom. The van der Waals surface area contributed by atoms with Crippen LogP contribution in [0.4, 0.5) is 5.69 Å². The van der Waals surface area contributed by atoms with Gasteiger partial charge in [0.15, 0.2) is 0 Å². The maximum atomic E-state index is 13.4. The van der Waals surface area contributed by atoms with Crippen LogP contribution >= 0.6 is 23.2 Å². The Bertz CT molecular complexity index is 1270. The zero-order valence-corrected chi connectivity index (χ0v) is 16.1. The van der Waals surface area contributed by atoms with E-state index in [0.717, 1.165) is 0 Å². The monoisotopic (exact) mass is 423 g/mol. The van der Waals surface area contributed by atoms with Gasteiger partial charge in [0.1, 0.15) is 17.1 Å². The number of nitrogens with two attached hydrogens (primary N) is 1. The van der Waals surface area contributed by atoms with Crippen LogP contribution in [0.1, 0.15) is 11.1 Å². The number of carbonyl (C=O) groups is 1. The number of fused-ring (bicyclic) bond motifs is 4. The van der Waals surface area contributed by atoms with E-state index in [-0.39, 0.29) is 17.3 Å². The maximum Gasteiger partial charge on any atom is 0.245 e. The van der Waals surface area contributed by atoms with Crippen molar-refractivity contribution >= 4 is 34.8 Å². The van der Waals surface area contributed by atoms with E-state index in [9.17, 15) is 10.1 Å². The molecule has 0 fully saturated rings. The van der Waals surface area contributed by atoms with Crippen LogP contribution in [0, 0.1) is 11.3 Å². The predicted octanol–water partition coefficient (Wildman–Crippen LogP) is 3.71. The Hall–Kier alpha value is -3.47. The summed E-state index contributed by atoms with van der Waals surface area (Å²) in [5.74, 6) is -0.498. The molecule has 1 aromatic heterocycles. The normalized spacial score (nSPS) is 19.4. The number of H-pyrrole nitrogens is 1. The van der Waals surface area contributed by atoms with E-state index in [1.54, 1.807) is 42.5 Å². The fraction of sp³-hybridized carbons (Fsp3) is 0.0500. The van der Waals surface area contributed by atoms with E-state index in [4.69, 9.17) is 33.7 Å². The van der Waals surface area contributed by atoms with Crippen LogP contribution in [0.5, 0.6) is 5.88 Å². The van der Waals surface area contributed by atoms with E-state index in [1.807, 2.05) is 0 Å². The molecule has 5 rings (SSSR count). The van der Waals surface area contributed by atoms with E-state index in [0.29, 0.717) is 38.1 Å². The number of ether oxygens (including phenoxy) is 1. The minimum atomic E-state index is -1.55. The Morgan fingerprint density at radius 1 is 1.14 bits per heavy atom. The first-order valence-corrected chi connectivity index (χ1v) is 9.27. The van der Waals surface area contributed by atoms with Gasteiger partial charge >= 0.3 is 0 Å². The van der Waals surface area contributed by atoms with Gasteiger partial charge < -0.3 is 15.8 Å². The lowest BCUT2D eigenvalue weighted by Crippen LogP contribution is -2.42. The molecule has 1 spiro atoms. The molecule has 29 heavy (non-hydrogen) atoms. The lowest BCUT2D eigenvalue weighted by atomic mass is 9.68. The highest BCUT2D eigenvalue weighted by Crippen LogP contribution is 2.55. The van der Waals surface area contributed by atoms with Gasteiger partial charge in [-0.05, 0) is 30.3 Å². The van der Waals surface area contributed by atoms with Crippen molar-refractivity contribution in [2.75, 3.05) is 5.32 Å². The molecule has 0 aliphatic carbocycles. The van der Waals surface area contributed by atoms with Crippen LogP contribution in [-0.4, -0.2) is 16.1 Å². The number of hydrogen-bond acceptors (Lipinski definition) is 5. The van der Waals surface area contributed by atoms with Gasteiger partial charge in [0.25, 0.3) is 0 Å². The van der Waals surface area contributed by atoms with Crippen molar-refractivity contribution in [2.45, 2.75) is 5.41 Å². The van der Waals surface area contributed by atoms with Gasteiger partial charge in [-0.3, -0.25) is 9.89 Å². The molecule has 2 aliphatic rings. The van der Waals surface area contributed by atoms with Crippen LogP contribution in [0.3, 0.4) is 0 Å². The van der Waals surface area contributed by atoms with Gasteiger partial charge in [-0.2, -0.15) is 5.26 Å². The third-order valence-corrected chi connectivity index (χ3v) is 5.64. The smallest absolute Gasteiger partial charge is 0.245 e. The van der Waals surface area contributed by atoms with Crippen LogP contribution in [0.2, 0.25) is 10.0 Å². The number of anilines is 1. The van der Waals surface area contributed by atoms with Gasteiger partial charge in [-0.25, -0.2) is 0 Å². The number of carbonyl (C=O) groups excluding carboxylic acids is 1. The van der Waals surface area contributed by atoms with Crippen molar-refractivity contribution in [1.29, 1.82) is 5.26 Å². The summed E-state index contributed by atoms with van der Waals surface area (Å²) in [4.78, 5) is 13.4. The number of nitrogens with zero attached hydrogens (tertiary/aromatic N) is 2. The van der Waals surface area contributed by atoms with E-state index < -0.39 is 11.3 Å². The topological polar surface area (TPSA) is 117 Å². The summed E-state index contributed by atoms with van der Waals surface area (Å²) in [6.07, 6.45) is 0. The van der Waals surface area contributed by atoms with E-state index >= 15 is 0 Å². The summed E-state index contributed by atoms with van der Waals surface area (Å²) in [5.41, 5.74) is 7.13. The van der Waals surface area contributed by atoms with Gasteiger partial charge in [-0.15, -0.1) is 5.10 Å². The zero-order chi connectivity index (χ0) is 20.3. The molecule has 3 heterocycles. The quantitative estimate of drug-likeness (QED) is 0.551. The average Bonchev–Trinajstić information content (AvgIpc) is 3.23. The first kappa shape index (κ1) is 17.6. The summed E-state index contributed by atoms with van der Waals surface area (Å²) in [6, 6.07) is 14.1. The zero-order valence-electron chi connectivity index (χ0n) is 14.6. The Labute approximate surface area is 174 Å². The number of nitrogens with one attached hydrogen (secondary N) is 2. The highest BCUT2D eigenvalue weighted by atomic mass is 35.5. The van der Waals surface area contributed by atoms with Crippen LogP contribution < -0.4 is 15.8 Å². The molecule has 7 nitrogen and oxygen atoms in total.